The van der Waals surface area contributed by atoms with Crippen molar-refractivity contribution in [1.82, 2.24) is 9.78 Å². The Kier molecular flexibility index (Phi) is 5.01. The average molecular weight is 293 g/mol. The Morgan fingerprint density at radius 3 is 3.00 bits per heavy atom. The number of hydrogen-bond acceptors (Lipinski definition) is 4. The van der Waals surface area contributed by atoms with E-state index in [2.05, 4.69) is 10.00 Å². The van der Waals surface area contributed by atoms with Crippen LogP contribution in [0.3, 0.4) is 0 Å². The zero-order valence-corrected chi connectivity index (χ0v) is 12.9. The lowest BCUT2D eigenvalue weighted by Gasteiger charge is -2.34. The van der Waals surface area contributed by atoms with E-state index >= 15 is 0 Å². The Morgan fingerprint density at radius 1 is 1.57 bits per heavy atom. The molecule has 116 valence electrons. The number of aryl methyl sites for hydroxylation is 2. The molecule has 1 unspecified atom stereocenters. The van der Waals surface area contributed by atoms with Crippen molar-refractivity contribution in [3.63, 3.8) is 0 Å². The summed E-state index contributed by atoms with van der Waals surface area (Å²) in [6.07, 6.45) is 5.09. The second-order valence-corrected chi connectivity index (χ2v) is 5.53. The topological polar surface area (TPSA) is 67.6 Å². The van der Waals surface area contributed by atoms with Gasteiger partial charge in [0.25, 0.3) is 0 Å². The quantitative estimate of drug-likeness (QED) is 0.837. The van der Waals surface area contributed by atoms with Gasteiger partial charge >= 0.3 is 5.97 Å². The molecule has 1 N–H and O–H groups in total. The van der Waals surface area contributed by atoms with Crippen LogP contribution in [-0.4, -0.2) is 47.7 Å². The van der Waals surface area contributed by atoms with Crippen molar-refractivity contribution < 1.29 is 14.6 Å². The summed E-state index contributed by atoms with van der Waals surface area (Å²) >= 11 is 0. The second-order valence-electron chi connectivity index (χ2n) is 5.53. The Balaban J connectivity index is 2.27. The molecule has 0 aromatic carbocycles. The summed E-state index contributed by atoms with van der Waals surface area (Å²) < 4.78 is 7.11. The molecule has 6 nitrogen and oxygen atoms in total. The fourth-order valence-corrected chi connectivity index (χ4v) is 3.02. The molecule has 6 heteroatoms. The summed E-state index contributed by atoms with van der Waals surface area (Å²) in [4.78, 5) is 13.1. The number of carbonyl (C=O) groups is 1. The highest BCUT2D eigenvalue weighted by Gasteiger charge is 2.24. The molecule has 1 atom stereocenters. The van der Waals surface area contributed by atoms with Gasteiger partial charge in [-0.2, -0.15) is 5.10 Å². The maximum Gasteiger partial charge on any atom is 0.328 e. The molecule has 0 radical (unpaired) electrons. The molecular weight excluding hydrogens is 270 g/mol. The molecule has 0 spiro atoms. The number of rotatable bonds is 5. The molecule has 1 aliphatic heterocycles. The molecular formula is C15H23N3O3. The molecule has 2 rings (SSSR count). The summed E-state index contributed by atoms with van der Waals surface area (Å²) in [5, 5.41) is 13.3. The van der Waals surface area contributed by atoms with Crippen molar-refractivity contribution in [3.05, 3.63) is 17.3 Å². The lowest BCUT2D eigenvalue weighted by Crippen LogP contribution is -2.38. The summed E-state index contributed by atoms with van der Waals surface area (Å²) in [5.74, 6) is 0.557. The molecule has 0 aliphatic carbocycles. The number of aliphatic carboxylic acids is 1. The van der Waals surface area contributed by atoms with Gasteiger partial charge in [-0.05, 0) is 31.8 Å². The zero-order valence-electron chi connectivity index (χ0n) is 12.9. The van der Waals surface area contributed by atoms with E-state index in [-0.39, 0.29) is 0 Å². The number of carboxylic acid groups (broad SMARTS) is 1. The second kappa shape index (κ2) is 6.76. The number of piperidine rings is 1. The van der Waals surface area contributed by atoms with Crippen LogP contribution in [0.2, 0.25) is 0 Å². The van der Waals surface area contributed by atoms with E-state index in [4.69, 9.17) is 9.84 Å². The Morgan fingerprint density at radius 2 is 2.33 bits per heavy atom. The largest absolute Gasteiger partial charge is 0.478 e. The number of nitrogens with zero attached hydrogens (tertiary/aromatic N) is 3. The van der Waals surface area contributed by atoms with Gasteiger partial charge in [0.15, 0.2) is 0 Å². The molecule has 1 fully saturated rings. The predicted octanol–water partition coefficient (Wildman–Crippen LogP) is 1.69. The molecule has 0 amide bonds. The van der Waals surface area contributed by atoms with Crippen molar-refractivity contribution in [1.29, 1.82) is 0 Å². The third kappa shape index (κ3) is 3.64. The molecule has 1 aliphatic rings. The number of ether oxygens (including phenoxy) is 1. The zero-order chi connectivity index (χ0) is 15.4. The lowest BCUT2D eigenvalue weighted by atomic mass is 9.98. The highest BCUT2D eigenvalue weighted by Crippen LogP contribution is 2.29. The van der Waals surface area contributed by atoms with Gasteiger partial charge in [-0.1, -0.05) is 0 Å². The Bertz CT molecular complexity index is 535. The fourth-order valence-electron chi connectivity index (χ4n) is 3.02. The van der Waals surface area contributed by atoms with Crippen LogP contribution >= 0.6 is 0 Å². The van der Waals surface area contributed by atoms with Crippen LogP contribution in [0, 0.1) is 12.8 Å². The van der Waals surface area contributed by atoms with Gasteiger partial charge < -0.3 is 14.7 Å². The minimum atomic E-state index is -0.944. The first-order chi connectivity index (χ1) is 10.0. The van der Waals surface area contributed by atoms with Crippen molar-refractivity contribution in [2.45, 2.75) is 19.8 Å². The van der Waals surface area contributed by atoms with E-state index < -0.39 is 5.97 Å². The van der Waals surface area contributed by atoms with Crippen molar-refractivity contribution in [3.8, 4) is 0 Å². The molecule has 0 bridgehead atoms. The number of anilines is 1. The maximum atomic E-state index is 10.8. The van der Waals surface area contributed by atoms with E-state index in [1.54, 1.807) is 13.2 Å². The Labute approximate surface area is 125 Å². The average Bonchev–Trinajstić information content (AvgIpc) is 2.71. The van der Waals surface area contributed by atoms with Crippen molar-refractivity contribution in [2.75, 3.05) is 31.7 Å². The predicted molar refractivity (Wildman–Crippen MR) is 81.4 cm³/mol. The first-order valence-corrected chi connectivity index (χ1v) is 7.21. The molecule has 1 saturated heterocycles. The highest BCUT2D eigenvalue weighted by molar-refractivity contribution is 5.87. The van der Waals surface area contributed by atoms with Gasteiger partial charge in [-0.15, -0.1) is 0 Å². The lowest BCUT2D eigenvalue weighted by molar-refractivity contribution is -0.131. The Hall–Kier alpha value is -1.82. The third-order valence-corrected chi connectivity index (χ3v) is 3.85. The van der Waals surface area contributed by atoms with Crippen molar-refractivity contribution >= 4 is 17.9 Å². The summed E-state index contributed by atoms with van der Waals surface area (Å²) in [6.45, 7) is 4.54. The van der Waals surface area contributed by atoms with E-state index in [1.807, 2.05) is 18.7 Å². The fraction of sp³-hybridized carbons (Fsp3) is 0.600. The van der Waals surface area contributed by atoms with Gasteiger partial charge in [-0.25, -0.2) is 4.79 Å². The van der Waals surface area contributed by atoms with E-state index in [1.165, 1.54) is 12.5 Å². The van der Waals surface area contributed by atoms with Gasteiger partial charge in [-0.3, -0.25) is 4.68 Å². The van der Waals surface area contributed by atoms with E-state index in [0.29, 0.717) is 5.92 Å². The van der Waals surface area contributed by atoms with Crippen LogP contribution < -0.4 is 4.90 Å². The first kappa shape index (κ1) is 15.6. The summed E-state index contributed by atoms with van der Waals surface area (Å²) in [6, 6.07) is 0. The molecule has 1 aromatic rings. The molecule has 0 saturated carbocycles. The molecule has 21 heavy (non-hydrogen) atoms. The SMILES string of the molecule is COCC1CCCN(c2c(/C=C/C(=O)O)c(C)nn2C)C1. The maximum absolute atomic E-state index is 10.8. The summed E-state index contributed by atoms with van der Waals surface area (Å²) in [5.41, 5.74) is 1.73. The van der Waals surface area contributed by atoms with E-state index in [0.717, 1.165) is 43.2 Å². The van der Waals surface area contributed by atoms with Crippen LogP contribution in [0.4, 0.5) is 5.82 Å². The minimum absolute atomic E-state index is 0.509. The minimum Gasteiger partial charge on any atom is -0.478 e. The number of hydrogen-bond donors (Lipinski definition) is 1. The number of aromatic nitrogens is 2. The van der Waals surface area contributed by atoms with Gasteiger partial charge in [0, 0.05) is 38.9 Å². The van der Waals surface area contributed by atoms with Crippen molar-refractivity contribution in [2.24, 2.45) is 13.0 Å². The number of carboxylic acids is 1. The monoisotopic (exact) mass is 293 g/mol. The normalized spacial score (nSPS) is 19.4. The first-order valence-electron chi connectivity index (χ1n) is 7.21. The summed E-state index contributed by atoms with van der Waals surface area (Å²) in [7, 11) is 3.63. The third-order valence-electron chi connectivity index (χ3n) is 3.85. The molecule has 1 aromatic heterocycles. The van der Waals surface area contributed by atoms with Crippen LogP contribution in [0.1, 0.15) is 24.1 Å². The van der Waals surface area contributed by atoms with Crippen LogP contribution in [0.5, 0.6) is 0 Å². The van der Waals surface area contributed by atoms with Gasteiger partial charge in [0.1, 0.15) is 5.82 Å². The van der Waals surface area contributed by atoms with Crippen LogP contribution in [0.15, 0.2) is 6.08 Å². The standard InChI is InChI=1S/C15H23N3O3/c1-11-13(6-7-14(19)20)15(17(2)16-11)18-8-4-5-12(9-18)10-21-3/h6-7,12H,4-5,8-10H2,1-3H3,(H,19,20)/b7-6+. The smallest absolute Gasteiger partial charge is 0.328 e. The molecule has 2 heterocycles. The van der Waals surface area contributed by atoms with Crippen LogP contribution in [-0.2, 0) is 16.6 Å². The van der Waals surface area contributed by atoms with E-state index in [9.17, 15) is 4.79 Å². The van der Waals surface area contributed by atoms with Gasteiger partial charge in [0.05, 0.1) is 12.3 Å². The highest BCUT2D eigenvalue weighted by atomic mass is 16.5. The van der Waals surface area contributed by atoms with Gasteiger partial charge in [0.2, 0.25) is 0 Å². The number of methoxy groups -OCH3 is 1. The van der Waals surface area contributed by atoms with Crippen LogP contribution in [0.25, 0.3) is 6.08 Å².